The molecule has 140 valence electrons. The SMILES string of the molecule is CCN1C(=O)C(=Cc2ccc(N(C)C)cc2OC)c2cc3c(cc21)OCO3. The smallest absolute Gasteiger partial charge is 0.258 e. The van der Waals surface area contributed by atoms with Gasteiger partial charge < -0.3 is 24.0 Å². The number of fused-ring (bicyclic) bond motifs is 2. The highest BCUT2D eigenvalue weighted by atomic mass is 16.7. The van der Waals surface area contributed by atoms with Gasteiger partial charge in [-0.1, -0.05) is 0 Å². The van der Waals surface area contributed by atoms with Crippen LogP contribution in [0, 0.1) is 0 Å². The number of amides is 1. The molecule has 0 radical (unpaired) electrons. The molecule has 0 fully saturated rings. The van der Waals surface area contributed by atoms with Crippen LogP contribution in [0.25, 0.3) is 11.6 Å². The lowest BCUT2D eigenvalue weighted by Gasteiger charge is -2.15. The van der Waals surface area contributed by atoms with Crippen molar-refractivity contribution in [1.82, 2.24) is 0 Å². The van der Waals surface area contributed by atoms with E-state index in [2.05, 4.69) is 0 Å². The molecular weight excluding hydrogens is 344 g/mol. The maximum absolute atomic E-state index is 13.0. The van der Waals surface area contributed by atoms with Crippen LogP contribution in [0.4, 0.5) is 11.4 Å². The Balaban J connectivity index is 1.84. The van der Waals surface area contributed by atoms with Gasteiger partial charge in [0.15, 0.2) is 11.5 Å². The average molecular weight is 366 g/mol. The summed E-state index contributed by atoms with van der Waals surface area (Å²) in [5, 5.41) is 0. The number of hydrogen-bond donors (Lipinski definition) is 0. The zero-order valence-electron chi connectivity index (χ0n) is 15.9. The first kappa shape index (κ1) is 17.3. The van der Waals surface area contributed by atoms with Crippen LogP contribution in [0.3, 0.4) is 0 Å². The molecule has 0 saturated carbocycles. The van der Waals surface area contributed by atoms with Crippen LogP contribution in [0.1, 0.15) is 18.1 Å². The Kier molecular flexibility index (Phi) is 4.18. The fourth-order valence-electron chi connectivity index (χ4n) is 3.45. The Bertz CT molecular complexity index is 949. The first-order valence-electron chi connectivity index (χ1n) is 8.86. The molecular formula is C21H22N2O4. The van der Waals surface area contributed by atoms with Gasteiger partial charge in [-0.15, -0.1) is 0 Å². The summed E-state index contributed by atoms with van der Waals surface area (Å²) in [5.41, 5.74) is 4.21. The number of likely N-dealkylation sites (N-methyl/N-ethyl adjacent to an activating group) is 1. The van der Waals surface area contributed by atoms with E-state index >= 15 is 0 Å². The molecule has 0 saturated heterocycles. The van der Waals surface area contributed by atoms with Crippen molar-refractivity contribution in [2.24, 2.45) is 0 Å². The van der Waals surface area contributed by atoms with E-state index in [0.29, 0.717) is 23.6 Å². The van der Waals surface area contributed by atoms with E-state index in [0.717, 1.165) is 28.3 Å². The fourth-order valence-corrected chi connectivity index (χ4v) is 3.45. The van der Waals surface area contributed by atoms with Crippen LogP contribution in [-0.4, -0.2) is 40.5 Å². The Morgan fingerprint density at radius 3 is 2.59 bits per heavy atom. The molecule has 0 spiro atoms. The van der Waals surface area contributed by atoms with Gasteiger partial charge >= 0.3 is 0 Å². The van der Waals surface area contributed by atoms with Gasteiger partial charge in [-0.05, 0) is 31.2 Å². The molecule has 0 aliphatic carbocycles. The molecule has 2 heterocycles. The predicted octanol–water partition coefficient (Wildman–Crippen LogP) is 3.40. The maximum atomic E-state index is 13.0. The second kappa shape index (κ2) is 6.54. The van der Waals surface area contributed by atoms with Crippen molar-refractivity contribution < 1.29 is 19.0 Å². The van der Waals surface area contributed by atoms with Crippen LogP contribution in [-0.2, 0) is 4.79 Å². The monoisotopic (exact) mass is 366 g/mol. The Labute approximate surface area is 158 Å². The van der Waals surface area contributed by atoms with Crippen molar-refractivity contribution in [3.63, 3.8) is 0 Å². The average Bonchev–Trinajstić information content (AvgIpc) is 3.22. The molecule has 2 aromatic rings. The molecule has 2 aliphatic heterocycles. The second-order valence-electron chi connectivity index (χ2n) is 6.65. The summed E-state index contributed by atoms with van der Waals surface area (Å²) in [6.45, 7) is 2.75. The summed E-state index contributed by atoms with van der Waals surface area (Å²) in [7, 11) is 5.59. The van der Waals surface area contributed by atoms with E-state index in [9.17, 15) is 4.79 Å². The van der Waals surface area contributed by atoms with Gasteiger partial charge in [0.2, 0.25) is 6.79 Å². The molecule has 0 unspecified atom stereocenters. The summed E-state index contributed by atoms with van der Waals surface area (Å²) in [4.78, 5) is 16.8. The molecule has 2 aromatic carbocycles. The summed E-state index contributed by atoms with van der Waals surface area (Å²) in [6, 6.07) is 9.70. The van der Waals surface area contributed by atoms with E-state index in [1.54, 1.807) is 12.0 Å². The minimum absolute atomic E-state index is 0.0325. The number of carbonyl (C=O) groups is 1. The molecule has 2 aliphatic rings. The van der Waals surface area contributed by atoms with Crippen LogP contribution in [0.15, 0.2) is 30.3 Å². The highest BCUT2D eigenvalue weighted by Gasteiger charge is 2.34. The number of rotatable bonds is 4. The Morgan fingerprint density at radius 2 is 1.93 bits per heavy atom. The van der Waals surface area contributed by atoms with Gasteiger partial charge in [0.25, 0.3) is 5.91 Å². The zero-order chi connectivity index (χ0) is 19.1. The zero-order valence-corrected chi connectivity index (χ0v) is 15.9. The lowest BCUT2D eigenvalue weighted by molar-refractivity contribution is -0.112. The Hall–Kier alpha value is -3.15. The molecule has 6 heteroatoms. The van der Waals surface area contributed by atoms with Gasteiger partial charge in [0.05, 0.1) is 18.4 Å². The van der Waals surface area contributed by atoms with Crippen molar-refractivity contribution in [2.75, 3.05) is 44.3 Å². The van der Waals surface area contributed by atoms with Crippen molar-refractivity contribution in [2.45, 2.75) is 6.92 Å². The summed E-state index contributed by atoms with van der Waals surface area (Å²) >= 11 is 0. The lowest BCUT2D eigenvalue weighted by atomic mass is 10.0. The number of methoxy groups -OCH3 is 1. The number of hydrogen-bond acceptors (Lipinski definition) is 5. The predicted molar refractivity (Wildman–Crippen MR) is 106 cm³/mol. The quantitative estimate of drug-likeness (QED) is 0.777. The number of ether oxygens (including phenoxy) is 3. The number of anilines is 2. The van der Waals surface area contributed by atoms with E-state index < -0.39 is 0 Å². The van der Waals surface area contributed by atoms with Gasteiger partial charge in [0.1, 0.15) is 5.75 Å². The topological polar surface area (TPSA) is 51.2 Å². The molecule has 6 nitrogen and oxygen atoms in total. The van der Waals surface area contributed by atoms with Crippen LogP contribution >= 0.6 is 0 Å². The largest absolute Gasteiger partial charge is 0.496 e. The van der Waals surface area contributed by atoms with E-state index in [-0.39, 0.29) is 12.7 Å². The minimum atomic E-state index is -0.0325. The molecule has 0 bridgehead atoms. The Morgan fingerprint density at radius 1 is 1.19 bits per heavy atom. The third-order valence-corrected chi connectivity index (χ3v) is 4.90. The second-order valence-corrected chi connectivity index (χ2v) is 6.65. The first-order chi connectivity index (χ1) is 13.0. The summed E-state index contributed by atoms with van der Waals surface area (Å²) in [5.74, 6) is 2.03. The molecule has 0 atom stereocenters. The molecule has 0 N–H and O–H groups in total. The van der Waals surface area contributed by atoms with E-state index in [4.69, 9.17) is 14.2 Å². The van der Waals surface area contributed by atoms with E-state index in [1.807, 2.05) is 62.3 Å². The van der Waals surface area contributed by atoms with Gasteiger partial charge in [-0.3, -0.25) is 4.79 Å². The third kappa shape index (κ3) is 2.77. The van der Waals surface area contributed by atoms with Crippen LogP contribution < -0.4 is 24.0 Å². The first-order valence-corrected chi connectivity index (χ1v) is 8.86. The number of nitrogens with zero attached hydrogens (tertiary/aromatic N) is 2. The van der Waals surface area contributed by atoms with Crippen molar-refractivity contribution in [3.8, 4) is 17.2 Å². The van der Waals surface area contributed by atoms with Crippen molar-refractivity contribution >= 4 is 28.9 Å². The standard InChI is InChI=1S/C21H22N2O4/c1-5-23-17-11-20-19(26-12-27-20)10-15(17)16(21(23)24)8-13-6-7-14(22(2)3)9-18(13)25-4/h6-11H,5,12H2,1-4H3. The molecule has 27 heavy (non-hydrogen) atoms. The van der Waals surface area contributed by atoms with E-state index in [1.165, 1.54) is 0 Å². The fraction of sp³-hybridized carbons (Fsp3) is 0.286. The highest BCUT2D eigenvalue weighted by Crippen LogP contribution is 2.46. The van der Waals surface area contributed by atoms with Crippen molar-refractivity contribution in [3.05, 3.63) is 41.5 Å². The number of benzene rings is 2. The maximum Gasteiger partial charge on any atom is 0.258 e. The van der Waals surface area contributed by atoms with Gasteiger partial charge in [0, 0.05) is 49.6 Å². The molecule has 4 rings (SSSR count). The molecule has 1 amide bonds. The lowest BCUT2D eigenvalue weighted by Crippen LogP contribution is -2.25. The van der Waals surface area contributed by atoms with Crippen molar-refractivity contribution in [1.29, 1.82) is 0 Å². The van der Waals surface area contributed by atoms with Crippen LogP contribution in [0.2, 0.25) is 0 Å². The summed E-state index contributed by atoms with van der Waals surface area (Å²) in [6.07, 6.45) is 1.89. The minimum Gasteiger partial charge on any atom is -0.496 e. The normalized spacial score (nSPS) is 16.1. The third-order valence-electron chi connectivity index (χ3n) is 4.90. The number of carbonyl (C=O) groups excluding carboxylic acids is 1. The van der Waals surface area contributed by atoms with Crippen LogP contribution in [0.5, 0.6) is 17.2 Å². The van der Waals surface area contributed by atoms with Gasteiger partial charge in [-0.25, -0.2) is 0 Å². The molecule has 0 aromatic heterocycles. The highest BCUT2D eigenvalue weighted by molar-refractivity contribution is 6.36. The summed E-state index contributed by atoms with van der Waals surface area (Å²) < 4.78 is 16.5. The van der Waals surface area contributed by atoms with Gasteiger partial charge in [-0.2, -0.15) is 0 Å².